The highest BCUT2D eigenvalue weighted by Gasteiger charge is 2.23. The van der Waals surface area contributed by atoms with E-state index in [2.05, 4.69) is 5.32 Å². The lowest BCUT2D eigenvalue weighted by Crippen LogP contribution is -2.46. The summed E-state index contributed by atoms with van der Waals surface area (Å²) in [6, 6.07) is 6.33. The van der Waals surface area contributed by atoms with Crippen molar-refractivity contribution in [1.29, 1.82) is 5.26 Å². The summed E-state index contributed by atoms with van der Waals surface area (Å²) < 4.78 is 0. The minimum Gasteiger partial charge on any atom is -0.343 e. The molecule has 0 radical (unpaired) electrons. The molecule has 0 saturated carbocycles. The highest BCUT2D eigenvalue weighted by Crippen LogP contribution is 2.24. The molecule has 6 nitrogen and oxygen atoms in total. The fourth-order valence-corrected chi connectivity index (χ4v) is 2.27. The van der Waals surface area contributed by atoms with Gasteiger partial charge in [0.05, 0.1) is 35.1 Å². The minimum atomic E-state index is -0.478. The Kier molecular flexibility index (Phi) is 7.99. The molecule has 1 unspecified atom stereocenters. The number of hydrogen-bond acceptors (Lipinski definition) is 4. The van der Waals surface area contributed by atoms with Gasteiger partial charge in [0.1, 0.15) is 0 Å². The average Bonchev–Trinajstić information content (AvgIpc) is 2.54. The zero-order chi connectivity index (χ0) is 18.3. The molecule has 1 atom stereocenters. The van der Waals surface area contributed by atoms with Gasteiger partial charge in [0, 0.05) is 19.3 Å². The van der Waals surface area contributed by atoms with Gasteiger partial charge in [-0.05, 0) is 32.2 Å². The van der Waals surface area contributed by atoms with Crippen LogP contribution in [0.5, 0.6) is 0 Å². The second kappa shape index (κ2) is 9.48. The largest absolute Gasteiger partial charge is 0.343 e. The van der Waals surface area contributed by atoms with Gasteiger partial charge in [-0.1, -0.05) is 23.2 Å². The van der Waals surface area contributed by atoms with Crippen molar-refractivity contribution in [2.24, 2.45) is 0 Å². The molecule has 1 rings (SSSR count). The third-order valence-electron chi connectivity index (χ3n) is 3.55. The molecule has 0 spiro atoms. The Balaban J connectivity index is 2.57. The molecule has 0 aliphatic rings. The molecule has 1 aromatic carbocycles. The predicted molar refractivity (Wildman–Crippen MR) is 95.1 cm³/mol. The van der Waals surface area contributed by atoms with Crippen molar-refractivity contribution >= 4 is 40.7 Å². The van der Waals surface area contributed by atoms with E-state index < -0.39 is 6.04 Å². The van der Waals surface area contributed by atoms with Crippen LogP contribution in [-0.4, -0.2) is 54.8 Å². The summed E-state index contributed by atoms with van der Waals surface area (Å²) in [7, 11) is 3.33. The Morgan fingerprint density at radius 2 is 1.96 bits per heavy atom. The first-order valence-electron chi connectivity index (χ1n) is 7.33. The maximum atomic E-state index is 12.2. The molecule has 0 aromatic heterocycles. The molecule has 24 heavy (non-hydrogen) atoms. The third-order valence-corrected chi connectivity index (χ3v) is 4.29. The van der Waals surface area contributed by atoms with Crippen molar-refractivity contribution in [3.63, 3.8) is 0 Å². The van der Waals surface area contributed by atoms with Crippen LogP contribution in [0.2, 0.25) is 10.0 Å². The van der Waals surface area contributed by atoms with Crippen LogP contribution in [0.3, 0.4) is 0 Å². The highest BCUT2D eigenvalue weighted by atomic mass is 35.5. The van der Waals surface area contributed by atoms with Gasteiger partial charge < -0.3 is 10.2 Å². The van der Waals surface area contributed by atoms with Crippen LogP contribution in [0.25, 0.3) is 0 Å². The van der Waals surface area contributed by atoms with Crippen LogP contribution in [0.1, 0.15) is 13.3 Å². The third kappa shape index (κ3) is 6.00. The van der Waals surface area contributed by atoms with E-state index in [1.54, 1.807) is 44.1 Å². The van der Waals surface area contributed by atoms with Crippen LogP contribution in [0, 0.1) is 11.3 Å². The summed E-state index contributed by atoms with van der Waals surface area (Å²) in [5.41, 5.74) is 0.535. The Morgan fingerprint density at radius 3 is 2.54 bits per heavy atom. The van der Waals surface area contributed by atoms with E-state index in [9.17, 15) is 9.59 Å². The number of nitrogens with one attached hydrogen (secondary N) is 1. The van der Waals surface area contributed by atoms with Gasteiger partial charge in [-0.2, -0.15) is 5.26 Å². The maximum Gasteiger partial charge on any atom is 0.239 e. The van der Waals surface area contributed by atoms with Gasteiger partial charge in [-0.3, -0.25) is 14.5 Å². The van der Waals surface area contributed by atoms with E-state index in [-0.39, 0.29) is 24.8 Å². The number of carbonyl (C=O) groups excluding carboxylic acids is 2. The summed E-state index contributed by atoms with van der Waals surface area (Å²) >= 11 is 11.7. The SMILES string of the molecule is CC(C(=O)N(C)CCC#N)N(C)CC(=O)Nc1ccc(Cl)c(Cl)c1. The quantitative estimate of drug-likeness (QED) is 0.800. The molecule has 0 heterocycles. The summed E-state index contributed by atoms with van der Waals surface area (Å²) in [6.07, 6.45) is 0.274. The number of carbonyl (C=O) groups is 2. The van der Waals surface area contributed by atoms with Gasteiger partial charge in [0.2, 0.25) is 11.8 Å². The number of rotatable bonds is 7. The number of amides is 2. The standard InChI is InChI=1S/C16H20Cl2N4O2/c1-11(16(24)21(2)8-4-7-19)22(3)10-15(23)20-12-5-6-13(17)14(18)9-12/h5-6,9,11H,4,8,10H2,1-3H3,(H,20,23). The van der Waals surface area contributed by atoms with Gasteiger partial charge in [-0.15, -0.1) is 0 Å². The summed E-state index contributed by atoms with van der Waals surface area (Å²) in [4.78, 5) is 27.4. The fraction of sp³-hybridized carbons (Fsp3) is 0.438. The van der Waals surface area contributed by atoms with Crippen molar-refractivity contribution in [2.45, 2.75) is 19.4 Å². The zero-order valence-corrected chi connectivity index (χ0v) is 15.4. The molecule has 0 aliphatic carbocycles. The second-order valence-corrected chi connectivity index (χ2v) is 6.25. The van der Waals surface area contributed by atoms with Crippen LogP contribution < -0.4 is 5.32 Å². The zero-order valence-electron chi connectivity index (χ0n) is 13.8. The van der Waals surface area contributed by atoms with E-state index in [1.807, 2.05) is 6.07 Å². The molecule has 1 aromatic rings. The Labute approximate surface area is 151 Å². The molecule has 8 heteroatoms. The van der Waals surface area contributed by atoms with Gasteiger partial charge >= 0.3 is 0 Å². The number of nitrogens with zero attached hydrogens (tertiary/aromatic N) is 3. The molecular weight excluding hydrogens is 351 g/mol. The van der Waals surface area contributed by atoms with Gasteiger partial charge in [-0.25, -0.2) is 0 Å². The second-order valence-electron chi connectivity index (χ2n) is 5.44. The van der Waals surface area contributed by atoms with Gasteiger partial charge in [0.15, 0.2) is 0 Å². The first kappa shape index (κ1) is 20.2. The Hall–Kier alpha value is -1.81. The van der Waals surface area contributed by atoms with E-state index >= 15 is 0 Å². The Bertz CT molecular complexity index is 645. The lowest BCUT2D eigenvalue weighted by atomic mass is 10.2. The van der Waals surface area contributed by atoms with E-state index in [4.69, 9.17) is 28.5 Å². The molecular formula is C16H20Cl2N4O2. The number of nitriles is 1. The molecule has 0 fully saturated rings. The van der Waals surface area contributed by atoms with Gasteiger partial charge in [0.25, 0.3) is 0 Å². The lowest BCUT2D eigenvalue weighted by Gasteiger charge is -2.27. The lowest BCUT2D eigenvalue weighted by molar-refractivity contribution is -0.135. The topological polar surface area (TPSA) is 76.4 Å². The van der Waals surface area contributed by atoms with E-state index in [0.717, 1.165) is 0 Å². The van der Waals surface area contributed by atoms with Crippen LogP contribution in [0.15, 0.2) is 18.2 Å². The van der Waals surface area contributed by atoms with Crippen molar-refractivity contribution in [2.75, 3.05) is 32.5 Å². The highest BCUT2D eigenvalue weighted by molar-refractivity contribution is 6.42. The summed E-state index contributed by atoms with van der Waals surface area (Å²) in [6.45, 7) is 2.12. The molecule has 0 aliphatic heterocycles. The number of anilines is 1. The number of halogens is 2. The van der Waals surface area contributed by atoms with Crippen molar-refractivity contribution in [1.82, 2.24) is 9.80 Å². The number of hydrogen-bond donors (Lipinski definition) is 1. The molecule has 0 bridgehead atoms. The molecule has 130 valence electrons. The first-order valence-corrected chi connectivity index (χ1v) is 8.09. The van der Waals surface area contributed by atoms with Crippen molar-refractivity contribution in [3.05, 3.63) is 28.2 Å². The van der Waals surface area contributed by atoms with Crippen LogP contribution >= 0.6 is 23.2 Å². The Morgan fingerprint density at radius 1 is 1.29 bits per heavy atom. The van der Waals surface area contributed by atoms with Crippen molar-refractivity contribution < 1.29 is 9.59 Å². The monoisotopic (exact) mass is 370 g/mol. The normalized spacial score (nSPS) is 11.7. The number of benzene rings is 1. The summed E-state index contributed by atoms with van der Waals surface area (Å²) in [5.74, 6) is -0.412. The maximum absolute atomic E-state index is 12.2. The molecule has 1 N–H and O–H groups in total. The smallest absolute Gasteiger partial charge is 0.239 e. The van der Waals surface area contributed by atoms with E-state index in [0.29, 0.717) is 22.3 Å². The van der Waals surface area contributed by atoms with Crippen LogP contribution in [0.4, 0.5) is 5.69 Å². The van der Waals surface area contributed by atoms with E-state index in [1.165, 1.54) is 4.90 Å². The molecule has 0 saturated heterocycles. The predicted octanol–water partition coefficient (Wildman–Crippen LogP) is 2.62. The first-order chi connectivity index (χ1) is 11.3. The minimum absolute atomic E-state index is 0.0409. The summed E-state index contributed by atoms with van der Waals surface area (Å²) in [5, 5.41) is 12.0. The van der Waals surface area contributed by atoms with Crippen LogP contribution in [-0.2, 0) is 9.59 Å². The fourth-order valence-electron chi connectivity index (χ4n) is 1.97. The number of likely N-dealkylation sites (N-methyl/N-ethyl adjacent to an activating group) is 2. The average molecular weight is 371 g/mol. The van der Waals surface area contributed by atoms with Crippen molar-refractivity contribution in [3.8, 4) is 6.07 Å². The molecule has 2 amide bonds.